The van der Waals surface area contributed by atoms with Gasteiger partial charge in [0.2, 0.25) is 29.2 Å². The van der Waals surface area contributed by atoms with E-state index in [0.29, 0.717) is 50.2 Å². The number of anilines is 2. The number of aromatic amines is 1. The van der Waals surface area contributed by atoms with Crippen molar-refractivity contribution < 1.29 is 51.7 Å². The van der Waals surface area contributed by atoms with Crippen LogP contribution in [0.15, 0.2) is 89.3 Å². The van der Waals surface area contributed by atoms with Gasteiger partial charge in [0.05, 0.1) is 57.9 Å². The molecular weight excluding hydrogens is 1100 g/mol. The van der Waals surface area contributed by atoms with E-state index in [1.807, 2.05) is 68.6 Å². The molecule has 3 aliphatic rings. The fourth-order valence-electron chi connectivity index (χ4n) is 10.3. The van der Waals surface area contributed by atoms with Crippen LogP contribution >= 0.6 is 11.3 Å². The number of carbonyl (C=O) groups is 5. The van der Waals surface area contributed by atoms with Crippen molar-refractivity contribution in [1.29, 1.82) is 0 Å². The molecule has 0 aliphatic carbocycles. The number of ether oxygens (including phenoxy) is 2. The predicted octanol–water partition coefficient (Wildman–Crippen LogP) is 4.57. The summed E-state index contributed by atoms with van der Waals surface area (Å²) in [4.78, 5) is 96.3. The van der Waals surface area contributed by atoms with Gasteiger partial charge >= 0.3 is 6.18 Å². The summed E-state index contributed by atoms with van der Waals surface area (Å²) in [6, 6.07) is 19.8. The van der Waals surface area contributed by atoms with Gasteiger partial charge in [0.25, 0.3) is 5.91 Å². The number of rotatable bonds is 22. The molecule has 2 aromatic heterocycles. The number of hydrogen-bond donors (Lipinski definition) is 6. The molecule has 0 spiro atoms. The molecule has 6 N–H and O–H groups in total. The van der Waals surface area contributed by atoms with Gasteiger partial charge in [-0.3, -0.25) is 38.6 Å². The molecule has 0 bridgehead atoms. The van der Waals surface area contributed by atoms with Crippen LogP contribution in [-0.4, -0.2) is 188 Å². The average Bonchev–Trinajstić information content (AvgIpc) is 4.32. The molecule has 0 unspecified atom stereocenters. The Kier molecular flexibility index (Phi) is 20.9. The number of likely N-dealkylation sites (tertiary alicyclic amines) is 1. The second kappa shape index (κ2) is 28.0. The third kappa shape index (κ3) is 17.0. The van der Waals surface area contributed by atoms with Gasteiger partial charge in [-0.2, -0.15) is 13.2 Å². The number of thiazole rings is 1. The van der Waals surface area contributed by atoms with Crippen molar-refractivity contribution in [1.82, 2.24) is 45.5 Å². The van der Waals surface area contributed by atoms with Crippen LogP contribution in [0.2, 0.25) is 0 Å². The normalized spacial score (nSPS) is 17.7. The number of aryl methyl sites for hydroxylation is 1. The molecule has 3 fully saturated rings. The maximum atomic E-state index is 14.0. The maximum Gasteiger partial charge on any atom is 0.417 e. The quantitative estimate of drug-likeness (QED) is 0.0522. The maximum absolute atomic E-state index is 14.0. The van der Waals surface area contributed by atoms with Crippen LogP contribution in [-0.2, 0) is 47.9 Å². The Morgan fingerprint density at radius 2 is 1.49 bits per heavy atom. The second-order valence-corrected chi connectivity index (χ2v) is 23.2. The summed E-state index contributed by atoms with van der Waals surface area (Å²) in [5.74, 6) is -2.73. The molecule has 3 atom stereocenters. The van der Waals surface area contributed by atoms with Crippen LogP contribution in [0.25, 0.3) is 21.6 Å². The lowest BCUT2D eigenvalue weighted by molar-refractivity contribution is -0.144. The lowest BCUT2D eigenvalue weighted by Crippen LogP contribution is -2.58. The molecule has 5 heterocycles. The first kappa shape index (κ1) is 62.0. The van der Waals surface area contributed by atoms with Gasteiger partial charge in [0, 0.05) is 104 Å². The molecule has 5 aromatic rings. The number of nitrogens with one attached hydrogen (secondary N) is 5. The number of alkyl halides is 3. The summed E-state index contributed by atoms with van der Waals surface area (Å²) in [5.41, 5.74) is 4.65. The highest BCUT2D eigenvalue weighted by Gasteiger charge is 2.44. The fourth-order valence-corrected chi connectivity index (χ4v) is 11.1. The standard InChI is InChI=1S/C59H74F3N11O9S/c1-38-53(83-37-66-38)41-11-9-39(10-12-41)31-65-56(79)49-29-44(74)34-73(49)57(80)54(58(2,3)4)68-52(77)36-82-26-25-81-35-51(76)63-15-16-70-19-21-71(22-20-70)33-40-7-6-8-42(27-40)43-13-14-48(72-23-17-69(5)18-24-72)47(28-43)67-55(78)45-32-64-50(75)30-46(45)59(60,61)62/h6-14,27-28,30,32,37,44,49,54,74H,15-26,29,31,33-36H2,1-5H3,(H,63,76)(H,64,75)(H,65,79)(H,67,78)(H,68,77)/t44-,49+,54-/m1/s1. The first-order valence-electron chi connectivity index (χ1n) is 27.8. The molecular formula is C59H74F3N11O9S. The summed E-state index contributed by atoms with van der Waals surface area (Å²) in [6.45, 7) is 14.8. The molecule has 24 heteroatoms. The van der Waals surface area contributed by atoms with Gasteiger partial charge in [0.15, 0.2) is 0 Å². The minimum Gasteiger partial charge on any atom is -0.391 e. The van der Waals surface area contributed by atoms with Gasteiger partial charge in [-0.15, -0.1) is 11.3 Å². The zero-order valence-corrected chi connectivity index (χ0v) is 48.3. The van der Waals surface area contributed by atoms with E-state index in [-0.39, 0.29) is 51.8 Å². The van der Waals surface area contributed by atoms with Gasteiger partial charge in [-0.25, -0.2) is 4.98 Å². The SMILES string of the molecule is Cc1ncsc1-c1ccc(CNC(=O)[C@@H]2C[C@@H](O)CN2C(=O)[C@@H](NC(=O)COCCOCC(=O)NCCN2CCN(Cc3cccc(-c4ccc(N5CCN(C)CC5)c(NC(=O)c5c[nH]c(=O)cc5C(F)(F)F)c4)c3)CC2)C(C)(C)C)cc1. The molecule has 3 saturated heterocycles. The van der Waals surface area contributed by atoms with Crippen molar-refractivity contribution in [3.63, 3.8) is 0 Å². The first-order valence-corrected chi connectivity index (χ1v) is 28.7. The summed E-state index contributed by atoms with van der Waals surface area (Å²) in [6.07, 6.45) is -4.97. The van der Waals surface area contributed by atoms with E-state index in [0.717, 1.165) is 83.9 Å². The Morgan fingerprint density at radius 1 is 0.819 bits per heavy atom. The summed E-state index contributed by atoms with van der Waals surface area (Å²) in [5, 5.41) is 21.9. The predicted molar refractivity (Wildman–Crippen MR) is 310 cm³/mol. The van der Waals surface area contributed by atoms with Gasteiger partial charge in [-0.05, 0) is 65.4 Å². The third-order valence-corrected chi connectivity index (χ3v) is 16.0. The zero-order chi connectivity index (χ0) is 59.4. The Labute approximate surface area is 484 Å². The van der Waals surface area contributed by atoms with Crippen molar-refractivity contribution in [3.05, 3.63) is 123 Å². The van der Waals surface area contributed by atoms with Crippen molar-refractivity contribution in [3.8, 4) is 21.6 Å². The molecule has 0 radical (unpaired) electrons. The van der Waals surface area contributed by atoms with Crippen LogP contribution in [0.3, 0.4) is 0 Å². The Hall–Kier alpha value is -7.06. The third-order valence-electron chi connectivity index (χ3n) is 15.0. The summed E-state index contributed by atoms with van der Waals surface area (Å²) < 4.78 is 52.9. The number of pyridine rings is 1. The van der Waals surface area contributed by atoms with Crippen molar-refractivity contribution in [2.75, 3.05) is 116 Å². The van der Waals surface area contributed by atoms with E-state index in [4.69, 9.17) is 9.47 Å². The number of piperazine rings is 2. The minimum absolute atomic E-state index is 0.0146. The van der Waals surface area contributed by atoms with E-state index in [1.165, 1.54) is 4.90 Å². The van der Waals surface area contributed by atoms with Gasteiger partial charge in [-0.1, -0.05) is 69.3 Å². The molecule has 8 rings (SSSR count). The Bertz CT molecular complexity index is 3120. The largest absolute Gasteiger partial charge is 0.417 e. The number of carbonyl (C=O) groups excluding carboxylic acids is 5. The van der Waals surface area contributed by atoms with E-state index < -0.39 is 70.1 Å². The van der Waals surface area contributed by atoms with Gasteiger partial charge < -0.3 is 55.5 Å². The van der Waals surface area contributed by atoms with Crippen LogP contribution in [0.5, 0.6) is 0 Å². The van der Waals surface area contributed by atoms with E-state index in [2.05, 4.69) is 56.9 Å². The monoisotopic (exact) mass is 1170 g/mol. The molecule has 83 heavy (non-hydrogen) atoms. The number of aliphatic hydroxyl groups excluding tert-OH is 1. The van der Waals surface area contributed by atoms with Crippen LogP contribution < -0.4 is 31.7 Å². The molecule has 3 aliphatic heterocycles. The number of halogens is 3. The number of β-amino-alcohol motifs (C(OH)–C–C–N with tert-alkyl or cyclic N) is 1. The van der Waals surface area contributed by atoms with Crippen molar-refractivity contribution in [2.24, 2.45) is 5.41 Å². The van der Waals surface area contributed by atoms with Crippen molar-refractivity contribution in [2.45, 2.75) is 71.6 Å². The number of H-pyrrole nitrogens is 1. The lowest BCUT2D eigenvalue weighted by atomic mass is 9.85. The lowest BCUT2D eigenvalue weighted by Gasteiger charge is -2.35. The number of likely N-dealkylation sites (N-methyl/N-ethyl adjacent to an activating group) is 1. The topological polar surface area (TPSA) is 234 Å². The Balaban J connectivity index is 0.726. The number of aliphatic hydroxyl groups is 1. The number of nitrogens with zero attached hydrogens (tertiary/aromatic N) is 6. The number of benzene rings is 3. The second-order valence-electron chi connectivity index (χ2n) is 22.3. The average molecular weight is 1170 g/mol. The zero-order valence-electron chi connectivity index (χ0n) is 47.5. The summed E-state index contributed by atoms with van der Waals surface area (Å²) >= 11 is 1.56. The number of amides is 5. The minimum atomic E-state index is -4.92. The number of hydrogen-bond acceptors (Lipinski definition) is 15. The fraction of sp³-hybridized carbons (Fsp3) is 0.475. The van der Waals surface area contributed by atoms with E-state index in [9.17, 15) is 47.0 Å². The van der Waals surface area contributed by atoms with Crippen molar-refractivity contribution >= 4 is 52.2 Å². The highest BCUT2D eigenvalue weighted by molar-refractivity contribution is 7.13. The molecule has 5 amide bonds. The van der Waals surface area contributed by atoms with E-state index in [1.54, 1.807) is 43.7 Å². The molecule has 3 aromatic carbocycles. The van der Waals surface area contributed by atoms with Crippen LogP contribution in [0, 0.1) is 12.3 Å². The van der Waals surface area contributed by atoms with Gasteiger partial charge in [0.1, 0.15) is 25.3 Å². The summed E-state index contributed by atoms with van der Waals surface area (Å²) in [7, 11) is 2.01. The highest BCUT2D eigenvalue weighted by Crippen LogP contribution is 2.36. The van der Waals surface area contributed by atoms with E-state index >= 15 is 0 Å². The highest BCUT2D eigenvalue weighted by atomic mass is 32.1. The molecule has 446 valence electrons. The number of aromatic nitrogens is 2. The Morgan fingerprint density at radius 3 is 2.17 bits per heavy atom. The van der Waals surface area contributed by atoms with Crippen LogP contribution in [0.4, 0.5) is 24.5 Å². The smallest absolute Gasteiger partial charge is 0.391 e. The molecule has 0 saturated carbocycles. The molecule has 20 nitrogen and oxygen atoms in total. The first-order chi connectivity index (χ1) is 39.6. The van der Waals surface area contributed by atoms with Crippen LogP contribution in [0.1, 0.15) is 59.9 Å².